The van der Waals surface area contributed by atoms with E-state index < -0.39 is 0 Å². The van der Waals surface area contributed by atoms with Crippen molar-refractivity contribution in [3.8, 4) is 5.75 Å². The summed E-state index contributed by atoms with van der Waals surface area (Å²) in [6, 6.07) is 13.5. The number of benzene rings is 2. The van der Waals surface area contributed by atoms with Crippen LogP contribution in [0.3, 0.4) is 0 Å². The number of hydrogen-bond acceptors (Lipinski definition) is 4. The Labute approximate surface area is 179 Å². The molecule has 3 unspecified atom stereocenters. The number of fused-ring (bicyclic) bond motifs is 1. The van der Waals surface area contributed by atoms with E-state index in [1.165, 1.54) is 41.5 Å². The van der Waals surface area contributed by atoms with E-state index >= 15 is 0 Å². The molecule has 0 radical (unpaired) electrons. The predicted molar refractivity (Wildman–Crippen MR) is 116 cm³/mol. The van der Waals surface area contributed by atoms with Crippen molar-refractivity contribution in [1.29, 1.82) is 0 Å². The summed E-state index contributed by atoms with van der Waals surface area (Å²) in [5, 5.41) is 10.3. The van der Waals surface area contributed by atoms with Crippen LogP contribution < -0.4 is 4.74 Å². The van der Waals surface area contributed by atoms with Gasteiger partial charge in [0.25, 0.3) is 0 Å². The molecule has 2 heterocycles. The summed E-state index contributed by atoms with van der Waals surface area (Å²) in [6.45, 7) is 0.829. The number of aliphatic hydroxyl groups excluding tert-OH is 1. The molecule has 160 valence electrons. The van der Waals surface area contributed by atoms with Crippen LogP contribution in [0.4, 0.5) is 0 Å². The van der Waals surface area contributed by atoms with Crippen LogP contribution in [0.5, 0.6) is 5.75 Å². The van der Waals surface area contributed by atoms with Crippen molar-refractivity contribution in [2.45, 2.75) is 75.8 Å². The van der Waals surface area contributed by atoms with Gasteiger partial charge in [-0.15, -0.1) is 0 Å². The van der Waals surface area contributed by atoms with Crippen LogP contribution in [0.15, 0.2) is 36.4 Å². The third-order valence-corrected chi connectivity index (χ3v) is 6.70. The van der Waals surface area contributed by atoms with Crippen molar-refractivity contribution in [1.82, 2.24) is 0 Å². The lowest BCUT2D eigenvalue weighted by Crippen LogP contribution is -2.32. The maximum Gasteiger partial charge on any atom is 0.160 e. The van der Waals surface area contributed by atoms with Crippen LogP contribution in [-0.2, 0) is 22.3 Å². The van der Waals surface area contributed by atoms with E-state index in [9.17, 15) is 5.11 Å². The minimum absolute atomic E-state index is 0.119. The number of aryl methyl sites for hydroxylation is 1. The van der Waals surface area contributed by atoms with Gasteiger partial charge in [0.15, 0.2) is 6.29 Å². The number of aliphatic hydroxyl groups is 1. The molecule has 2 aromatic carbocycles. The molecule has 1 N–H and O–H groups in total. The number of ether oxygens (including phenoxy) is 3. The summed E-state index contributed by atoms with van der Waals surface area (Å²) >= 11 is 0. The molecule has 3 aliphatic rings. The fourth-order valence-electron chi connectivity index (χ4n) is 4.90. The van der Waals surface area contributed by atoms with Crippen LogP contribution in [0.1, 0.15) is 78.4 Å². The third-order valence-electron chi connectivity index (χ3n) is 6.70. The molecule has 2 aromatic rings. The average Bonchev–Trinajstić information content (AvgIpc) is 3.60. The topological polar surface area (TPSA) is 47.9 Å². The van der Waals surface area contributed by atoms with Gasteiger partial charge in [-0.3, -0.25) is 0 Å². The normalized spacial score (nSPS) is 26.5. The van der Waals surface area contributed by atoms with E-state index in [1.807, 2.05) is 0 Å². The Kier molecular flexibility index (Phi) is 5.81. The average molecular weight is 409 g/mol. The Bertz CT molecular complexity index is 889. The number of hydrogen-bond donors (Lipinski definition) is 1. The highest BCUT2D eigenvalue weighted by atomic mass is 16.7. The van der Waals surface area contributed by atoms with E-state index in [0.717, 1.165) is 37.2 Å². The standard InChI is InChI=1S/C26H32O4/c1-28-26-16-22(27)15-25(30-26)20-8-9-23(18-6-7-18)21(14-20)13-17-5-10-24-19(12-17)4-2-3-11-29-24/h5,8-10,12,14,18,22,25-27H,2-4,6-7,11,13,15-16H2,1H3. The maximum atomic E-state index is 10.3. The Balaban J connectivity index is 1.42. The summed E-state index contributed by atoms with van der Waals surface area (Å²) in [4.78, 5) is 0. The van der Waals surface area contributed by atoms with Gasteiger partial charge in [-0.2, -0.15) is 0 Å². The highest BCUT2D eigenvalue weighted by molar-refractivity contribution is 5.44. The maximum absolute atomic E-state index is 10.3. The van der Waals surface area contributed by atoms with Crippen LogP contribution in [-0.4, -0.2) is 31.2 Å². The molecule has 4 heteroatoms. The van der Waals surface area contributed by atoms with E-state index in [0.29, 0.717) is 18.8 Å². The molecule has 0 aromatic heterocycles. The lowest BCUT2D eigenvalue weighted by atomic mass is 9.90. The Morgan fingerprint density at radius 1 is 1.07 bits per heavy atom. The van der Waals surface area contributed by atoms with Crippen molar-refractivity contribution in [3.63, 3.8) is 0 Å². The quantitative estimate of drug-likeness (QED) is 0.752. The first-order valence-corrected chi connectivity index (χ1v) is 11.4. The van der Waals surface area contributed by atoms with Crippen molar-refractivity contribution < 1.29 is 19.3 Å². The molecule has 1 saturated carbocycles. The lowest BCUT2D eigenvalue weighted by Gasteiger charge is -2.32. The Morgan fingerprint density at radius 2 is 1.97 bits per heavy atom. The zero-order valence-electron chi connectivity index (χ0n) is 17.8. The van der Waals surface area contributed by atoms with Gasteiger partial charge in [-0.25, -0.2) is 0 Å². The summed E-state index contributed by atoms with van der Waals surface area (Å²) in [5.41, 5.74) is 6.70. The monoisotopic (exact) mass is 408 g/mol. The fraction of sp³-hybridized carbons (Fsp3) is 0.538. The van der Waals surface area contributed by atoms with Crippen LogP contribution >= 0.6 is 0 Å². The summed E-state index contributed by atoms with van der Waals surface area (Å²) in [7, 11) is 1.64. The minimum atomic E-state index is -0.384. The molecule has 2 aliphatic heterocycles. The Hall–Kier alpha value is -1.88. The predicted octanol–water partition coefficient (Wildman–Crippen LogP) is 5.05. The Morgan fingerprint density at radius 3 is 2.80 bits per heavy atom. The largest absolute Gasteiger partial charge is 0.493 e. The molecule has 0 amide bonds. The SMILES string of the molecule is COC1CC(O)CC(c2ccc(C3CC3)c(Cc3ccc4c(c3)CCCCO4)c2)O1. The molecule has 1 aliphatic carbocycles. The minimum Gasteiger partial charge on any atom is -0.493 e. The van der Waals surface area contributed by atoms with Gasteiger partial charge in [-0.1, -0.05) is 30.3 Å². The zero-order valence-corrected chi connectivity index (χ0v) is 17.8. The van der Waals surface area contributed by atoms with Gasteiger partial charge in [0.05, 0.1) is 18.8 Å². The molecule has 0 bridgehead atoms. The van der Waals surface area contributed by atoms with Crippen LogP contribution in [0, 0.1) is 0 Å². The van der Waals surface area contributed by atoms with E-state index in [-0.39, 0.29) is 18.5 Å². The lowest BCUT2D eigenvalue weighted by molar-refractivity contribution is -0.205. The van der Waals surface area contributed by atoms with Gasteiger partial charge in [-0.05, 0) is 78.3 Å². The number of methoxy groups -OCH3 is 1. The molecule has 2 fully saturated rings. The molecule has 3 atom stereocenters. The van der Waals surface area contributed by atoms with E-state index in [4.69, 9.17) is 14.2 Å². The summed E-state index contributed by atoms with van der Waals surface area (Å²) < 4.78 is 17.4. The molecule has 1 saturated heterocycles. The van der Waals surface area contributed by atoms with Gasteiger partial charge in [0.2, 0.25) is 0 Å². The van der Waals surface area contributed by atoms with E-state index in [1.54, 1.807) is 7.11 Å². The summed E-state index contributed by atoms with van der Waals surface area (Å²) in [6.07, 6.45) is 7.25. The first-order valence-electron chi connectivity index (χ1n) is 11.4. The van der Waals surface area contributed by atoms with Crippen molar-refractivity contribution in [2.24, 2.45) is 0 Å². The number of rotatable bonds is 5. The van der Waals surface area contributed by atoms with Gasteiger partial charge >= 0.3 is 0 Å². The van der Waals surface area contributed by atoms with Gasteiger partial charge in [0.1, 0.15) is 5.75 Å². The summed E-state index contributed by atoms with van der Waals surface area (Å²) in [5.74, 6) is 1.76. The first-order chi connectivity index (χ1) is 14.7. The molecule has 0 spiro atoms. The first kappa shape index (κ1) is 20.0. The molecule has 4 nitrogen and oxygen atoms in total. The molecular formula is C26H32O4. The second kappa shape index (κ2) is 8.70. The van der Waals surface area contributed by atoms with Crippen LogP contribution in [0.25, 0.3) is 0 Å². The second-order valence-corrected chi connectivity index (χ2v) is 9.07. The van der Waals surface area contributed by atoms with E-state index in [2.05, 4.69) is 36.4 Å². The fourth-order valence-corrected chi connectivity index (χ4v) is 4.90. The highest BCUT2D eigenvalue weighted by Gasteiger charge is 2.31. The van der Waals surface area contributed by atoms with Crippen molar-refractivity contribution >= 4 is 0 Å². The van der Waals surface area contributed by atoms with Crippen molar-refractivity contribution in [3.05, 3.63) is 64.2 Å². The third kappa shape index (κ3) is 4.41. The van der Waals surface area contributed by atoms with Crippen molar-refractivity contribution in [2.75, 3.05) is 13.7 Å². The smallest absolute Gasteiger partial charge is 0.160 e. The molecule has 30 heavy (non-hydrogen) atoms. The zero-order chi connectivity index (χ0) is 20.5. The van der Waals surface area contributed by atoms with Gasteiger partial charge in [0, 0.05) is 20.0 Å². The molecule has 5 rings (SSSR count). The van der Waals surface area contributed by atoms with Gasteiger partial charge < -0.3 is 19.3 Å². The molecular weight excluding hydrogens is 376 g/mol. The second-order valence-electron chi connectivity index (χ2n) is 9.07. The van der Waals surface area contributed by atoms with Crippen LogP contribution in [0.2, 0.25) is 0 Å². The highest BCUT2D eigenvalue weighted by Crippen LogP contribution is 2.43.